The maximum absolute atomic E-state index is 13.1. The van der Waals surface area contributed by atoms with Crippen molar-refractivity contribution in [3.8, 4) is 17.2 Å². The van der Waals surface area contributed by atoms with Crippen LogP contribution in [-0.2, 0) is 5.60 Å². The van der Waals surface area contributed by atoms with E-state index < -0.39 is 5.60 Å². The van der Waals surface area contributed by atoms with E-state index in [9.17, 15) is 9.90 Å². The quantitative estimate of drug-likeness (QED) is 0.690. The molecule has 1 unspecified atom stereocenters. The Hall–Kier alpha value is -3.35. The van der Waals surface area contributed by atoms with Gasteiger partial charge in [0.25, 0.3) is 5.91 Å². The maximum atomic E-state index is 13.1. The molecule has 2 heterocycles. The summed E-state index contributed by atoms with van der Waals surface area (Å²) in [5, 5.41) is 12.1. The smallest absolute Gasteiger partial charge is 0.254 e. The van der Waals surface area contributed by atoms with Crippen molar-refractivity contribution in [2.45, 2.75) is 5.60 Å². The van der Waals surface area contributed by atoms with Crippen molar-refractivity contribution < 1.29 is 19.4 Å². The van der Waals surface area contributed by atoms with E-state index in [1.54, 1.807) is 25.3 Å². The minimum Gasteiger partial charge on any atom is -0.497 e. The molecule has 0 aliphatic carbocycles. The van der Waals surface area contributed by atoms with E-state index in [1.807, 2.05) is 53.4 Å². The zero-order chi connectivity index (χ0) is 22.3. The van der Waals surface area contributed by atoms with Crippen LogP contribution in [0.1, 0.15) is 27.0 Å². The Morgan fingerprint density at radius 2 is 1.69 bits per heavy atom. The number of carbonyl (C=O) groups is 1. The lowest BCUT2D eigenvalue weighted by molar-refractivity contribution is 0.0662. The van der Waals surface area contributed by atoms with Gasteiger partial charge in [0.15, 0.2) is 0 Å². The molecular formula is C26H26N2O4. The van der Waals surface area contributed by atoms with Crippen molar-refractivity contribution in [2.24, 2.45) is 0 Å². The average molecular weight is 431 g/mol. The fraction of sp³-hybridized carbons (Fsp3) is 0.269. The Morgan fingerprint density at radius 3 is 2.47 bits per heavy atom. The first-order valence-electron chi connectivity index (χ1n) is 10.8. The van der Waals surface area contributed by atoms with Crippen LogP contribution in [0.5, 0.6) is 17.2 Å². The molecule has 0 saturated carbocycles. The molecule has 1 amide bonds. The molecule has 2 aliphatic rings. The predicted molar refractivity (Wildman–Crippen MR) is 121 cm³/mol. The van der Waals surface area contributed by atoms with Crippen molar-refractivity contribution in [1.82, 2.24) is 9.80 Å². The third-order valence-corrected chi connectivity index (χ3v) is 6.39. The van der Waals surface area contributed by atoms with Gasteiger partial charge >= 0.3 is 0 Å². The minimum atomic E-state index is -1.44. The van der Waals surface area contributed by atoms with Crippen LogP contribution < -0.4 is 9.47 Å². The van der Waals surface area contributed by atoms with Gasteiger partial charge in [-0.25, -0.2) is 0 Å². The number of hydrogen-bond donors (Lipinski definition) is 1. The number of benzene rings is 3. The number of likely N-dealkylation sites (N-methyl/N-ethyl adjacent to an activating group) is 1. The summed E-state index contributed by atoms with van der Waals surface area (Å²) in [6.45, 7) is 3.11. The number of nitrogens with zero attached hydrogens (tertiary/aromatic N) is 2. The van der Waals surface area contributed by atoms with Crippen LogP contribution in [0.3, 0.4) is 0 Å². The van der Waals surface area contributed by atoms with Crippen LogP contribution in [-0.4, -0.2) is 61.2 Å². The van der Waals surface area contributed by atoms with Gasteiger partial charge in [-0.1, -0.05) is 36.4 Å². The second kappa shape index (κ2) is 7.97. The molecule has 164 valence electrons. The first-order valence-corrected chi connectivity index (χ1v) is 10.8. The molecule has 0 bridgehead atoms. The van der Waals surface area contributed by atoms with Crippen molar-refractivity contribution in [3.63, 3.8) is 0 Å². The van der Waals surface area contributed by atoms with Crippen molar-refractivity contribution in [1.29, 1.82) is 0 Å². The van der Waals surface area contributed by atoms with Crippen LogP contribution in [0.4, 0.5) is 0 Å². The molecule has 1 saturated heterocycles. The van der Waals surface area contributed by atoms with Gasteiger partial charge in [0.1, 0.15) is 22.8 Å². The Labute approximate surface area is 187 Å². The normalized spacial score (nSPS) is 20.2. The van der Waals surface area contributed by atoms with E-state index in [1.165, 1.54) is 0 Å². The van der Waals surface area contributed by atoms with Crippen molar-refractivity contribution >= 4 is 5.91 Å². The molecule has 5 rings (SSSR count). The Morgan fingerprint density at radius 1 is 0.938 bits per heavy atom. The van der Waals surface area contributed by atoms with Gasteiger partial charge in [-0.05, 0) is 42.9 Å². The second-order valence-electron chi connectivity index (χ2n) is 8.35. The molecule has 3 aromatic rings. The molecule has 0 radical (unpaired) electrons. The fourth-order valence-corrected chi connectivity index (χ4v) is 4.51. The molecule has 1 N–H and O–H groups in total. The summed E-state index contributed by atoms with van der Waals surface area (Å²) in [6, 6.07) is 20.2. The Kier molecular flexibility index (Phi) is 5.12. The number of carbonyl (C=O) groups excluding carboxylic acids is 1. The molecule has 1 atom stereocenters. The van der Waals surface area contributed by atoms with Gasteiger partial charge in [-0.3, -0.25) is 4.79 Å². The molecule has 0 aromatic heterocycles. The van der Waals surface area contributed by atoms with Gasteiger partial charge in [-0.2, -0.15) is 0 Å². The number of piperazine rings is 1. The maximum Gasteiger partial charge on any atom is 0.254 e. The highest BCUT2D eigenvalue weighted by atomic mass is 16.5. The van der Waals surface area contributed by atoms with E-state index in [2.05, 4.69) is 11.9 Å². The molecule has 6 nitrogen and oxygen atoms in total. The van der Waals surface area contributed by atoms with Crippen molar-refractivity contribution in [2.75, 3.05) is 40.3 Å². The predicted octanol–water partition coefficient (Wildman–Crippen LogP) is 3.47. The van der Waals surface area contributed by atoms with Gasteiger partial charge in [0.2, 0.25) is 0 Å². The number of methoxy groups -OCH3 is 1. The number of ether oxygens (including phenoxy) is 2. The largest absolute Gasteiger partial charge is 0.497 e. The summed E-state index contributed by atoms with van der Waals surface area (Å²) in [4.78, 5) is 17.2. The second-order valence-corrected chi connectivity index (χ2v) is 8.35. The summed E-state index contributed by atoms with van der Waals surface area (Å²) in [6.07, 6.45) is 0. The van der Waals surface area contributed by atoms with E-state index in [0.717, 1.165) is 13.1 Å². The topological polar surface area (TPSA) is 62.2 Å². The van der Waals surface area contributed by atoms with Gasteiger partial charge in [0.05, 0.1) is 7.11 Å². The van der Waals surface area contributed by atoms with Gasteiger partial charge < -0.3 is 24.4 Å². The average Bonchev–Trinajstić information content (AvgIpc) is 2.84. The molecule has 2 aliphatic heterocycles. The van der Waals surface area contributed by atoms with Crippen LogP contribution in [0, 0.1) is 0 Å². The number of amides is 1. The van der Waals surface area contributed by atoms with E-state index >= 15 is 0 Å². The van der Waals surface area contributed by atoms with E-state index in [4.69, 9.17) is 9.47 Å². The zero-order valence-electron chi connectivity index (χ0n) is 18.2. The van der Waals surface area contributed by atoms with Crippen LogP contribution in [0.15, 0.2) is 66.7 Å². The molecule has 32 heavy (non-hydrogen) atoms. The zero-order valence-corrected chi connectivity index (χ0v) is 18.2. The fourth-order valence-electron chi connectivity index (χ4n) is 4.51. The van der Waals surface area contributed by atoms with Crippen molar-refractivity contribution in [3.05, 3.63) is 89.0 Å². The summed E-state index contributed by atoms with van der Waals surface area (Å²) in [5.74, 6) is 1.68. The number of aliphatic hydroxyl groups is 1. The highest BCUT2D eigenvalue weighted by Crippen LogP contribution is 2.50. The molecule has 0 spiro atoms. The number of fused-ring (bicyclic) bond motifs is 2. The minimum absolute atomic E-state index is 0.0201. The van der Waals surface area contributed by atoms with Crippen LogP contribution in [0.25, 0.3) is 0 Å². The molecule has 6 heteroatoms. The summed E-state index contributed by atoms with van der Waals surface area (Å²) in [7, 11) is 3.66. The summed E-state index contributed by atoms with van der Waals surface area (Å²) >= 11 is 0. The summed E-state index contributed by atoms with van der Waals surface area (Å²) < 4.78 is 11.6. The molecule has 3 aromatic carbocycles. The third kappa shape index (κ3) is 3.32. The monoisotopic (exact) mass is 430 g/mol. The lowest BCUT2D eigenvalue weighted by Crippen LogP contribution is -2.47. The van der Waals surface area contributed by atoms with Crippen LogP contribution >= 0.6 is 0 Å². The summed E-state index contributed by atoms with van der Waals surface area (Å²) in [5.41, 5.74) is 1.04. The Balaban J connectivity index is 1.59. The van der Waals surface area contributed by atoms with Gasteiger partial charge in [0, 0.05) is 42.9 Å². The Bertz CT molecular complexity index is 1170. The van der Waals surface area contributed by atoms with E-state index in [0.29, 0.717) is 52.6 Å². The number of rotatable bonds is 3. The van der Waals surface area contributed by atoms with E-state index in [-0.39, 0.29) is 5.91 Å². The lowest BCUT2D eigenvalue weighted by Gasteiger charge is -2.37. The standard InChI is InChI=1S/C26H26N2O4/c1-27-12-14-28(15-13-27)25(29)18-10-11-22-24(16-18)32-23-9-4-3-8-21(23)26(22,30)19-6-5-7-20(17-19)31-2/h3-11,16-17,30H,12-15H2,1-2H3. The highest BCUT2D eigenvalue weighted by Gasteiger charge is 2.42. The lowest BCUT2D eigenvalue weighted by atomic mass is 9.78. The molecule has 1 fully saturated rings. The number of para-hydroxylation sites is 1. The van der Waals surface area contributed by atoms with Gasteiger partial charge in [-0.15, -0.1) is 0 Å². The third-order valence-electron chi connectivity index (χ3n) is 6.39. The first-order chi connectivity index (χ1) is 15.5. The number of hydrogen-bond acceptors (Lipinski definition) is 5. The molecular weight excluding hydrogens is 404 g/mol. The highest BCUT2D eigenvalue weighted by molar-refractivity contribution is 5.95. The first kappa shape index (κ1) is 20.5. The SMILES string of the molecule is COc1cccc(C2(O)c3ccccc3Oc3cc(C(=O)N4CCN(C)CC4)ccc32)c1. The van der Waals surface area contributed by atoms with Crippen LogP contribution in [0.2, 0.25) is 0 Å².